The summed E-state index contributed by atoms with van der Waals surface area (Å²) in [6, 6.07) is 4.57. The summed E-state index contributed by atoms with van der Waals surface area (Å²) >= 11 is 6.29. The largest absolute Gasteiger partial charge is 0.416 e. The van der Waals surface area contributed by atoms with Crippen molar-refractivity contribution >= 4 is 35.0 Å². The number of halogens is 6. The van der Waals surface area contributed by atoms with Gasteiger partial charge in [-0.15, -0.1) is 0 Å². The molecule has 224 valence electrons. The highest BCUT2D eigenvalue weighted by Crippen LogP contribution is 2.38. The Hall–Kier alpha value is -4.01. The predicted molar refractivity (Wildman–Crippen MR) is 140 cm³/mol. The fraction of sp³-hybridized carbons (Fsp3) is 0.296. The molecule has 4 rings (SSSR count). The molecule has 9 nitrogen and oxygen atoms in total. The summed E-state index contributed by atoms with van der Waals surface area (Å²) in [5.74, 6) is -4.56. The molecule has 42 heavy (non-hydrogen) atoms. The molecule has 0 fully saturated rings. The number of hydrogen-bond donors (Lipinski definition) is 4. The zero-order valence-electron chi connectivity index (χ0n) is 21.8. The smallest absolute Gasteiger partial charge is 0.389 e. The summed E-state index contributed by atoms with van der Waals surface area (Å²) in [6.07, 6.45) is -6.00. The van der Waals surface area contributed by atoms with Gasteiger partial charge in [-0.05, 0) is 49.4 Å². The normalized spacial score (nSPS) is 15.5. The number of aliphatic hydroxyl groups is 1. The highest BCUT2D eigenvalue weighted by Gasteiger charge is 2.36. The number of anilines is 1. The molecule has 0 radical (unpaired) electrons. The van der Waals surface area contributed by atoms with Gasteiger partial charge < -0.3 is 30.4 Å². The lowest BCUT2D eigenvalue weighted by atomic mass is 10.0. The maximum atomic E-state index is 14.2. The fourth-order valence-electron chi connectivity index (χ4n) is 4.41. The number of benzene rings is 2. The number of aliphatic hydroxyl groups excluding tert-OH is 1. The van der Waals surface area contributed by atoms with Gasteiger partial charge in [-0.25, -0.2) is 8.78 Å². The molecule has 15 heteroatoms. The van der Waals surface area contributed by atoms with Gasteiger partial charge in [-0.3, -0.25) is 14.4 Å². The molecule has 0 saturated heterocycles. The quantitative estimate of drug-likeness (QED) is 0.271. The molecule has 0 bridgehead atoms. The number of aromatic nitrogens is 1. The SMILES string of the molecule is CCOCC(O)CNC(=O)c1cc(NC(=O)c2cc(F)cc(C(F)(F)F)c2)c2n1CC(=O)NC2c1cc(F)ccc1Cl. The standard InChI is InChI=1S/C27H24ClF5N4O5/c1-2-42-12-17(38)10-34-26(41)21-9-20(35-25(40)13-5-14(27(31,32)33)7-16(30)6-13)24-23(36-22(39)11-37(21)24)18-8-15(29)3-4-19(18)28/h3-9,17,23,38H,2,10-12H2,1H3,(H,34,41)(H,35,40)(H,36,39). The molecule has 0 saturated carbocycles. The lowest BCUT2D eigenvalue weighted by Gasteiger charge is -2.29. The highest BCUT2D eigenvalue weighted by molar-refractivity contribution is 6.31. The predicted octanol–water partition coefficient (Wildman–Crippen LogP) is 4.04. The average molecular weight is 615 g/mol. The summed E-state index contributed by atoms with van der Waals surface area (Å²) in [5, 5.41) is 17.5. The monoisotopic (exact) mass is 614 g/mol. The second kappa shape index (κ2) is 12.5. The van der Waals surface area contributed by atoms with Gasteiger partial charge in [0, 0.05) is 29.3 Å². The van der Waals surface area contributed by atoms with E-state index in [4.69, 9.17) is 16.3 Å². The first-order valence-corrected chi connectivity index (χ1v) is 12.9. The average Bonchev–Trinajstić information content (AvgIpc) is 3.28. The van der Waals surface area contributed by atoms with E-state index in [1.165, 1.54) is 10.6 Å². The second-order valence-corrected chi connectivity index (χ2v) is 9.69. The van der Waals surface area contributed by atoms with Crippen LogP contribution in [-0.4, -0.2) is 53.3 Å². The van der Waals surface area contributed by atoms with E-state index in [9.17, 15) is 41.4 Å². The molecule has 2 atom stereocenters. The van der Waals surface area contributed by atoms with Gasteiger partial charge in [0.25, 0.3) is 11.8 Å². The number of nitrogens with one attached hydrogen (secondary N) is 3. The zero-order chi connectivity index (χ0) is 30.8. The van der Waals surface area contributed by atoms with E-state index < -0.39 is 65.3 Å². The van der Waals surface area contributed by atoms with Crippen molar-refractivity contribution in [1.29, 1.82) is 0 Å². The van der Waals surface area contributed by atoms with E-state index in [1.807, 2.05) is 0 Å². The van der Waals surface area contributed by atoms with E-state index in [2.05, 4.69) is 16.0 Å². The summed E-state index contributed by atoms with van der Waals surface area (Å²) in [4.78, 5) is 38.9. The lowest BCUT2D eigenvalue weighted by Crippen LogP contribution is -2.41. The number of nitrogens with zero attached hydrogens (tertiary/aromatic N) is 1. The van der Waals surface area contributed by atoms with Crippen LogP contribution in [0.25, 0.3) is 0 Å². The van der Waals surface area contributed by atoms with Crippen LogP contribution in [0.4, 0.5) is 27.6 Å². The van der Waals surface area contributed by atoms with Crippen LogP contribution < -0.4 is 16.0 Å². The van der Waals surface area contributed by atoms with Crippen molar-refractivity contribution < 1.29 is 46.2 Å². The Bertz CT molecular complexity index is 1530. The van der Waals surface area contributed by atoms with Gasteiger partial charge in [0.2, 0.25) is 5.91 Å². The van der Waals surface area contributed by atoms with E-state index in [-0.39, 0.29) is 46.9 Å². The fourth-order valence-corrected chi connectivity index (χ4v) is 4.63. The molecule has 2 aromatic carbocycles. The van der Waals surface area contributed by atoms with Crippen LogP contribution in [0.5, 0.6) is 0 Å². The third-order valence-corrected chi connectivity index (χ3v) is 6.61. The number of carbonyl (C=O) groups excluding carboxylic acids is 3. The minimum absolute atomic E-state index is 0.0265. The van der Waals surface area contributed by atoms with Crippen LogP contribution in [0.1, 0.15) is 50.6 Å². The molecule has 1 aromatic heterocycles. The topological polar surface area (TPSA) is 122 Å². The third-order valence-electron chi connectivity index (χ3n) is 6.27. The van der Waals surface area contributed by atoms with Gasteiger partial charge in [-0.1, -0.05) is 11.6 Å². The minimum Gasteiger partial charge on any atom is -0.389 e. The number of hydrogen-bond acceptors (Lipinski definition) is 5. The lowest BCUT2D eigenvalue weighted by molar-refractivity contribution is -0.137. The van der Waals surface area contributed by atoms with Crippen LogP contribution in [0.15, 0.2) is 42.5 Å². The number of amides is 3. The molecular formula is C27H24ClF5N4O5. The maximum absolute atomic E-state index is 14.2. The molecular weight excluding hydrogens is 591 g/mol. The molecule has 4 N–H and O–H groups in total. The van der Waals surface area contributed by atoms with Gasteiger partial charge in [0.05, 0.1) is 35.7 Å². The van der Waals surface area contributed by atoms with Crippen molar-refractivity contribution in [2.45, 2.75) is 31.8 Å². The van der Waals surface area contributed by atoms with E-state index in [1.54, 1.807) is 6.92 Å². The van der Waals surface area contributed by atoms with Crippen LogP contribution in [0, 0.1) is 11.6 Å². The molecule has 3 aromatic rings. The number of fused-ring (bicyclic) bond motifs is 1. The first-order chi connectivity index (χ1) is 19.8. The van der Waals surface area contributed by atoms with Gasteiger partial charge in [0.1, 0.15) is 23.9 Å². The Kier molecular flexibility index (Phi) is 9.18. The summed E-state index contributed by atoms with van der Waals surface area (Å²) < 4.78 is 74.3. The van der Waals surface area contributed by atoms with Crippen molar-refractivity contribution in [3.8, 4) is 0 Å². The summed E-state index contributed by atoms with van der Waals surface area (Å²) in [6.45, 7) is 1.30. The van der Waals surface area contributed by atoms with E-state index in [0.29, 0.717) is 18.7 Å². The number of alkyl halides is 3. The van der Waals surface area contributed by atoms with Crippen LogP contribution in [-0.2, 0) is 22.3 Å². The minimum atomic E-state index is -4.94. The Morgan fingerprint density at radius 3 is 2.57 bits per heavy atom. The zero-order valence-corrected chi connectivity index (χ0v) is 22.6. The third kappa shape index (κ3) is 6.89. The maximum Gasteiger partial charge on any atom is 0.416 e. The summed E-state index contributed by atoms with van der Waals surface area (Å²) in [5.41, 5.74) is -2.29. The molecule has 2 heterocycles. The van der Waals surface area contributed by atoms with Crippen LogP contribution in [0.2, 0.25) is 5.02 Å². The van der Waals surface area contributed by atoms with Crippen LogP contribution >= 0.6 is 11.6 Å². The molecule has 1 aliphatic rings. The van der Waals surface area contributed by atoms with Gasteiger partial charge >= 0.3 is 6.18 Å². The number of carbonyl (C=O) groups is 3. The first kappa shape index (κ1) is 30.9. The van der Waals surface area contributed by atoms with E-state index in [0.717, 1.165) is 18.2 Å². The molecule has 0 spiro atoms. The summed E-state index contributed by atoms with van der Waals surface area (Å²) in [7, 11) is 0. The molecule has 0 aliphatic carbocycles. The van der Waals surface area contributed by atoms with Crippen molar-refractivity contribution in [2.24, 2.45) is 0 Å². The van der Waals surface area contributed by atoms with Gasteiger partial charge in [0.15, 0.2) is 0 Å². The van der Waals surface area contributed by atoms with Crippen molar-refractivity contribution in [1.82, 2.24) is 15.2 Å². The van der Waals surface area contributed by atoms with Crippen molar-refractivity contribution in [3.05, 3.63) is 87.2 Å². The number of ether oxygens (including phenoxy) is 1. The number of rotatable bonds is 9. The Balaban J connectivity index is 1.78. The van der Waals surface area contributed by atoms with E-state index >= 15 is 0 Å². The molecule has 2 unspecified atom stereocenters. The first-order valence-electron chi connectivity index (χ1n) is 12.5. The molecule has 1 aliphatic heterocycles. The van der Waals surface area contributed by atoms with Crippen molar-refractivity contribution in [3.63, 3.8) is 0 Å². The Morgan fingerprint density at radius 2 is 1.88 bits per heavy atom. The van der Waals surface area contributed by atoms with Crippen molar-refractivity contribution in [2.75, 3.05) is 25.1 Å². The second-order valence-electron chi connectivity index (χ2n) is 9.28. The van der Waals surface area contributed by atoms with Crippen LogP contribution in [0.3, 0.4) is 0 Å². The Labute approximate surface area is 240 Å². The van der Waals surface area contributed by atoms with Gasteiger partial charge in [-0.2, -0.15) is 13.2 Å². The highest BCUT2D eigenvalue weighted by atomic mass is 35.5. The molecule has 3 amide bonds. The Morgan fingerprint density at radius 1 is 1.14 bits per heavy atom.